The van der Waals surface area contributed by atoms with Crippen molar-refractivity contribution in [1.29, 1.82) is 0 Å². The highest BCUT2D eigenvalue weighted by molar-refractivity contribution is 7.90. The van der Waals surface area contributed by atoms with Gasteiger partial charge >= 0.3 is 0 Å². The quantitative estimate of drug-likeness (QED) is 0.560. The first-order valence-electron chi connectivity index (χ1n) is 9.71. The molecular formula is C22H23ClN4O4S. The smallest absolute Gasteiger partial charge is 0.256 e. The maximum atomic E-state index is 12.6. The van der Waals surface area contributed by atoms with Crippen molar-refractivity contribution in [3.63, 3.8) is 0 Å². The number of nitrogens with zero attached hydrogens (tertiary/aromatic N) is 2. The highest BCUT2D eigenvalue weighted by Gasteiger charge is 2.20. The Labute approximate surface area is 191 Å². The molecule has 2 aromatic carbocycles. The summed E-state index contributed by atoms with van der Waals surface area (Å²) < 4.78 is 25.5. The molecular weight excluding hydrogens is 452 g/mol. The van der Waals surface area contributed by atoms with Crippen LogP contribution >= 0.6 is 11.6 Å². The molecule has 1 aromatic heterocycles. The largest absolute Gasteiger partial charge is 0.323 e. The predicted molar refractivity (Wildman–Crippen MR) is 124 cm³/mol. The summed E-state index contributed by atoms with van der Waals surface area (Å²) in [4.78, 5) is 25.2. The fourth-order valence-corrected chi connectivity index (χ4v) is 4.37. The highest BCUT2D eigenvalue weighted by Crippen LogP contribution is 2.27. The van der Waals surface area contributed by atoms with E-state index >= 15 is 0 Å². The summed E-state index contributed by atoms with van der Waals surface area (Å²) in [5.74, 6) is -0.881. The average molecular weight is 475 g/mol. The van der Waals surface area contributed by atoms with Crippen molar-refractivity contribution in [3.05, 3.63) is 70.5 Å². The molecule has 0 saturated carbocycles. The predicted octanol–water partition coefficient (Wildman–Crippen LogP) is 4.01. The van der Waals surface area contributed by atoms with Gasteiger partial charge in [0.15, 0.2) is 9.84 Å². The van der Waals surface area contributed by atoms with Crippen LogP contribution in [0.1, 0.15) is 34.7 Å². The maximum Gasteiger partial charge on any atom is 0.256 e. The van der Waals surface area contributed by atoms with Crippen LogP contribution in [0.5, 0.6) is 0 Å². The number of aryl methyl sites for hydroxylation is 2. The molecule has 10 heteroatoms. The lowest BCUT2D eigenvalue weighted by Gasteiger charge is -2.16. The van der Waals surface area contributed by atoms with E-state index in [-0.39, 0.29) is 21.4 Å². The molecule has 1 heterocycles. The summed E-state index contributed by atoms with van der Waals surface area (Å²) >= 11 is 6.31. The number of nitrogens with one attached hydrogen (secondary N) is 2. The normalized spacial score (nSPS) is 12.3. The van der Waals surface area contributed by atoms with Gasteiger partial charge in [-0.1, -0.05) is 23.7 Å². The fourth-order valence-electron chi connectivity index (χ4n) is 3.26. The third kappa shape index (κ3) is 5.17. The number of carbonyl (C=O) groups is 2. The monoisotopic (exact) mass is 474 g/mol. The highest BCUT2D eigenvalue weighted by atomic mass is 35.5. The molecule has 3 rings (SSSR count). The summed E-state index contributed by atoms with van der Waals surface area (Å²) in [6.45, 7) is 5.46. The van der Waals surface area contributed by atoms with E-state index in [1.807, 2.05) is 19.9 Å². The Kier molecular flexibility index (Phi) is 6.71. The number of rotatable bonds is 6. The lowest BCUT2D eigenvalue weighted by Crippen LogP contribution is -2.25. The van der Waals surface area contributed by atoms with E-state index in [4.69, 9.17) is 11.6 Å². The Morgan fingerprint density at radius 3 is 2.34 bits per heavy atom. The number of aromatic nitrogens is 2. The maximum absolute atomic E-state index is 12.6. The van der Waals surface area contributed by atoms with Crippen molar-refractivity contribution < 1.29 is 18.0 Å². The summed E-state index contributed by atoms with van der Waals surface area (Å²) in [6, 6.07) is 11.9. The number of sulfone groups is 1. The summed E-state index contributed by atoms with van der Waals surface area (Å²) in [6.07, 6.45) is 1.04. The topological polar surface area (TPSA) is 110 Å². The van der Waals surface area contributed by atoms with E-state index in [1.54, 1.807) is 35.9 Å². The molecule has 2 amide bonds. The van der Waals surface area contributed by atoms with Gasteiger partial charge in [-0.3, -0.25) is 14.3 Å². The summed E-state index contributed by atoms with van der Waals surface area (Å²) in [5.41, 5.74) is 2.44. The number of amides is 2. The van der Waals surface area contributed by atoms with Crippen molar-refractivity contribution in [2.24, 2.45) is 0 Å². The van der Waals surface area contributed by atoms with Crippen LogP contribution in [0.25, 0.3) is 0 Å². The lowest BCUT2D eigenvalue weighted by atomic mass is 10.2. The van der Waals surface area contributed by atoms with Crippen LogP contribution in [0.2, 0.25) is 5.02 Å². The van der Waals surface area contributed by atoms with Crippen molar-refractivity contribution in [3.8, 4) is 0 Å². The van der Waals surface area contributed by atoms with E-state index in [0.29, 0.717) is 11.4 Å². The van der Waals surface area contributed by atoms with E-state index in [2.05, 4.69) is 15.7 Å². The van der Waals surface area contributed by atoms with Gasteiger partial charge in [-0.05, 0) is 57.2 Å². The first-order valence-corrected chi connectivity index (χ1v) is 12.0. The van der Waals surface area contributed by atoms with Crippen molar-refractivity contribution in [2.75, 3.05) is 16.9 Å². The van der Waals surface area contributed by atoms with Crippen LogP contribution in [0.4, 0.5) is 11.4 Å². The first kappa shape index (κ1) is 23.5. The molecule has 0 aliphatic heterocycles. The first-order chi connectivity index (χ1) is 15.0. The number of hydrogen-bond donors (Lipinski definition) is 2. The molecule has 2 N–H and O–H groups in total. The standard InChI is InChI=1S/C22H23ClN4O4S/c1-13-11-14(2)27(26-13)15(3)21(28)25-19-10-9-16(12-18(19)23)24-22(29)17-7-5-6-8-20(17)32(4,30)31/h5-12,15H,1-4H3,(H,24,29)(H,25,28). The van der Waals surface area contributed by atoms with Gasteiger partial charge in [0.05, 0.1) is 26.9 Å². The zero-order valence-corrected chi connectivity index (χ0v) is 19.6. The van der Waals surface area contributed by atoms with Crippen molar-refractivity contribution in [1.82, 2.24) is 9.78 Å². The van der Waals surface area contributed by atoms with Crippen LogP contribution in [0, 0.1) is 13.8 Å². The van der Waals surface area contributed by atoms with E-state index < -0.39 is 21.8 Å². The van der Waals surface area contributed by atoms with Crippen LogP contribution in [0.15, 0.2) is 53.4 Å². The number of carbonyl (C=O) groups excluding carboxylic acids is 2. The molecule has 0 radical (unpaired) electrons. The van der Waals surface area contributed by atoms with Crippen molar-refractivity contribution >= 4 is 44.6 Å². The zero-order valence-electron chi connectivity index (χ0n) is 18.0. The third-order valence-electron chi connectivity index (χ3n) is 4.81. The van der Waals surface area contributed by atoms with Crippen molar-refractivity contribution in [2.45, 2.75) is 31.7 Å². The van der Waals surface area contributed by atoms with Gasteiger partial charge < -0.3 is 10.6 Å². The Morgan fingerprint density at radius 1 is 1.06 bits per heavy atom. The number of hydrogen-bond acceptors (Lipinski definition) is 5. The van der Waals surface area contributed by atoms with E-state index in [1.165, 1.54) is 18.2 Å². The molecule has 1 atom stereocenters. The Balaban J connectivity index is 1.75. The van der Waals surface area contributed by atoms with Gasteiger partial charge in [-0.15, -0.1) is 0 Å². The molecule has 1 unspecified atom stereocenters. The molecule has 0 aliphatic rings. The Bertz CT molecular complexity index is 1300. The molecule has 0 aliphatic carbocycles. The number of anilines is 2. The van der Waals surface area contributed by atoms with Crippen LogP contribution in [0.3, 0.4) is 0 Å². The van der Waals surface area contributed by atoms with Gasteiger partial charge in [0.1, 0.15) is 6.04 Å². The number of benzene rings is 2. The molecule has 8 nitrogen and oxygen atoms in total. The minimum absolute atomic E-state index is 0.0298. The third-order valence-corrected chi connectivity index (χ3v) is 6.27. The van der Waals surface area contributed by atoms with Gasteiger partial charge in [0, 0.05) is 17.6 Å². The molecule has 168 valence electrons. The fraction of sp³-hybridized carbons (Fsp3) is 0.227. The summed E-state index contributed by atoms with van der Waals surface area (Å²) in [7, 11) is -3.57. The minimum atomic E-state index is -3.57. The Hall–Kier alpha value is -3.17. The molecule has 0 saturated heterocycles. The van der Waals surface area contributed by atoms with E-state index in [9.17, 15) is 18.0 Å². The molecule has 0 bridgehead atoms. The zero-order chi connectivity index (χ0) is 23.6. The second-order valence-corrected chi connectivity index (χ2v) is 9.85. The van der Waals surface area contributed by atoms with Gasteiger partial charge in [0.25, 0.3) is 5.91 Å². The second kappa shape index (κ2) is 9.13. The minimum Gasteiger partial charge on any atom is -0.323 e. The van der Waals surface area contributed by atoms with E-state index in [0.717, 1.165) is 17.6 Å². The lowest BCUT2D eigenvalue weighted by molar-refractivity contribution is -0.119. The average Bonchev–Trinajstić information content (AvgIpc) is 3.06. The molecule has 0 fully saturated rings. The number of halogens is 1. The summed E-state index contributed by atoms with van der Waals surface area (Å²) in [5, 5.41) is 9.94. The van der Waals surface area contributed by atoms with Gasteiger partial charge in [-0.2, -0.15) is 5.10 Å². The van der Waals surface area contributed by atoms with Gasteiger partial charge in [-0.25, -0.2) is 8.42 Å². The molecule has 0 spiro atoms. The van der Waals surface area contributed by atoms with Crippen LogP contribution < -0.4 is 10.6 Å². The van der Waals surface area contributed by atoms with Crippen LogP contribution in [-0.4, -0.2) is 36.3 Å². The molecule has 32 heavy (non-hydrogen) atoms. The second-order valence-electron chi connectivity index (χ2n) is 7.45. The van der Waals surface area contributed by atoms with Gasteiger partial charge in [0.2, 0.25) is 5.91 Å². The Morgan fingerprint density at radius 2 is 1.75 bits per heavy atom. The molecule has 3 aromatic rings. The SMILES string of the molecule is Cc1cc(C)n(C(C)C(=O)Nc2ccc(NC(=O)c3ccccc3S(C)(=O)=O)cc2Cl)n1. The van der Waals surface area contributed by atoms with Crippen LogP contribution in [-0.2, 0) is 14.6 Å².